The van der Waals surface area contributed by atoms with E-state index in [-0.39, 0.29) is 5.91 Å². The number of benzene rings is 1. The molecule has 1 amide bonds. The van der Waals surface area contributed by atoms with Gasteiger partial charge in [0.25, 0.3) is 0 Å². The van der Waals surface area contributed by atoms with Gasteiger partial charge in [-0.05, 0) is 17.7 Å². The number of nitrogens with two attached hydrogens (primary N) is 1. The zero-order valence-electron chi connectivity index (χ0n) is 14.0. The molecule has 1 saturated heterocycles. The summed E-state index contributed by atoms with van der Waals surface area (Å²) in [7, 11) is 1.62. The van der Waals surface area contributed by atoms with Crippen LogP contribution in [0.4, 0.5) is 5.69 Å². The summed E-state index contributed by atoms with van der Waals surface area (Å²) in [6.07, 6.45) is 0.474. The molecule has 0 bridgehead atoms. The second kappa shape index (κ2) is 10.2. The van der Waals surface area contributed by atoms with Crippen LogP contribution in [0.3, 0.4) is 0 Å². The highest BCUT2D eigenvalue weighted by Gasteiger charge is 2.20. The average Bonchev–Trinajstić information content (AvgIpc) is 2.61. The molecule has 2 N–H and O–H groups in total. The van der Waals surface area contributed by atoms with Crippen LogP contribution in [-0.2, 0) is 16.1 Å². The molecular weight excluding hydrogens is 278 g/mol. The third kappa shape index (κ3) is 5.31. The lowest BCUT2D eigenvalue weighted by atomic mass is 10.2. The van der Waals surface area contributed by atoms with E-state index in [0.29, 0.717) is 19.6 Å². The van der Waals surface area contributed by atoms with Crippen molar-refractivity contribution in [1.82, 2.24) is 4.90 Å². The SMILES string of the molecule is CC.COCCC(=O)N1CCN(c2ccc(CN)cc2)CC1. The van der Waals surface area contributed by atoms with Crippen molar-refractivity contribution in [1.29, 1.82) is 0 Å². The van der Waals surface area contributed by atoms with Crippen molar-refractivity contribution < 1.29 is 9.53 Å². The van der Waals surface area contributed by atoms with E-state index in [1.54, 1.807) is 7.11 Å². The molecule has 22 heavy (non-hydrogen) atoms. The van der Waals surface area contributed by atoms with Gasteiger partial charge < -0.3 is 20.3 Å². The van der Waals surface area contributed by atoms with Crippen LogP contribution in [-0.4, -0.2) is 50.7 Å². The first-order chi connectivity index (χ1) is 10.7. The molecule has 0 unspecified atom stereocenters. The molecule has 0 radical (unpaired) electrons. The van der Waals surface area contributed by atoms with E-state index in [4.69, 9.17) is 10.5 Å². The smallest absolute Gasteiger partial charge is 0.225 e. The van der Waals surface area contributed by atoms with Gasteiger partial charge in [0.2, 0.25) is 5.91 Å². The summed E-state index contributed by atoms with van der Waals surface area (Å²) in [6.45, 7) is 8.38. The lowest BCUT2D eigenvalue weighted by molar-refractivity contribution is -0.132. The number of anilines is 1. The molecule has 1 aromatic carbocycles. The third-order valence-corrected chi connectivity index (χ3v) is 3.69. The summed E-state index contributed by atoms with van der Waals surface area (Å²) >= 11 is 0. The van der Waals surface area contributed by atoms with Crippen LogP contribution in [0.25, 0.3) is 0 Å². The van der Waals surface area contributed by atoms with Gasteiger partial charge in [0.15, 0.2) is 0 Å². The number of hydrogen-bond acceptors (Lipinski definition) is 4. The van der Waals surface area contributed by atoms with Gasteiger partial charge in [-0.2, -0.15) is 0 Å². The second-order valence-corrected chi connectivity index (χ2v) is 4.98. The van der Waals surface area contributed by atoms with Crippen molar-refractivity contribution in [3.8, 4) is 0 Å². The molecule has 5 nitrogen and oxygen atoms in total. The molecule has 2 rings (SSSR count). The summed E-state index contributed by atoms with van der Waals surface area (Å²) in [5.41, 5.74) is 7.94. The third-order valence-electron chi connectivity index (χ3n) is 3.69. The largest absolute Gasteiger partial charge is 0.384 e. The molecular formula is C17H29N3O2. The van der Waals surface area contributed by atoms with Gasteiger partial charge in [-0.15, -0.1) is 0 Å². The molecule has 124 valence electrons. The summed E-state index contributed by atoms with van der Waals surface area (Å²) in [6, 6.07) is 8.33. The van der Waals surface area contributed by atoms with Crippen LogP contribution in [0.2, 0.25) is 0 Å². The highest BCUT2D eigenvalue weighted by atomic mass is 16.5. The van der Waals surface area contributed by atoms with Gasteiger partial charge in [0.1, 0.15) is 0 Å². The van der Waals surface area contributed by atoms with Gasteiger partial charge in [0.05, 0.1) is 13.0 Å². The summed E-state index contributed by atoms with van der Waals surface area (Å²) < 4.78 is 4.95. The minimum atomic E-state index is 0.185. The lowest BCUT2D eigenvalue weighted by Gasteiger charge is -2.36. The molecule has 1 heterocycles. The molecule has 1 fully saturated rings. The number of carbonyl (C=O) groups excluding carboxylic acids is 1. The Morgan fingerprint density at radius 3 is 2.23 bits per heavy atom. The van der Waals surface area contributed by atoms with Crippen LogP contribution in [0.1, 0.15) is 25.8 Å². The van der Waals surface area contributed by atoms with Crippen molar-refractivity contribution in [2.24, 2.45) is 5.73 Å². The average molecular weight is 307 g/mol. The van der Waals surface area contributed by atoms with Crippen LogP contribution in [0, 0.1) is 0 Å². The van der Waals surface area contributed by atoms with E-state index in [1.807, 2.05) is 18.7 Å². The Labute approximate surface area is 134 Å². The number of methoxy groups -OCH3 is 1. The summed E-state index contributed by atoms with van der Waals surface area (Å²) in [5.74, 6) is 0.185. The zero-order chi connectivity index (χ0) is 16.4. The van der Waals surface area contributed by atoms with E-state index in [0.717, 1.165) is 31.7 Å². The molecule has 1 aliphatic rings. The normalized spacial score (nSPS) is 14.4. The van der Waals surface area contributed by atoms with E-state index >= 15 is 0 Å². The van der Waals surface area contributed by atoms with Crippen molar-refractivity contribution in [3.63, 3.8) is 0 Å². The lowest BCUT2D eigenvalue weighted by Crippen LogP contribution is -2.49. The topological polar surface area (TPSA) is 58.8 Å². The minimum absolute atomic E-state index is 0.185. The summed E-state index contributed by atoms with van der Waals surface area (Å²) in [4.78, 5) is 16.1. The maximum atomic E-state index is 11.9. The van der Waals surface area contributed by atoms with Crippen LogP contribution >= 0.6 is 0 Å². The maximum Gasteiger partial charge on any atom is 0.225 e. The first-order valence-electron chi connectivity index (χ1n) is 8.05. The number of rotatable bonds is 5. The van der Waals surface area contributed by atoms with E-state index in [1.165, 1.54) is 5.69 Å². The number of nitrogens with zero attached hydrogens (tertiary/aromatic N) is 2. The number of hydrogen-bond donors (Lipinski definition) is 1. The molecule has 1 aromatic rings. The quantitative estimate of drug-likeness (QED) is 0.902. The van der Waals surface area contributed by atoms with Crippen molar-refractivity contribution in [3.05, 3.63) is 29.8 Å². The monoisotopic (exact) mass is 307 g/mol. The Balaban J connectivity index is 0.00000116. The Morgan fingerprint density at radius 2 is 1.73 bits per heavy atom. The van der Waals surface area contributed by atoms with E-state index < -0.39 is 0 Å². The number of carbonyl (C=O) groups is 1. The van der Waals surface area contributed by atoms with E-state index in [2.05, 4.69) is 29.2 Å². The Bertz CT molecular complexity index is 426. The Kier molecular flexibility index (Phi) is 8.55. The maximum absolute atomic E-state index is 11.9. The van der Waals surface area contributed by atoms with Crippen molar-refractivity contribution in [2.45, 2.75) is 26.8 Å². The Morgan fingerprint density at radius 1 is 1.14 bits per heavy atom. The van der Waals surface area contributed by atoms with Crippen LogP contribution < -0.4 is 10.6 Å². The van der Waals surface area contributed by atoms with Gasteiger partial charge >= 0.3 is 0 Å². The fraction of sp³-hybridized carbons (Fsp3) is 0.588. The van der Waals surface area contributed by atoms with Crippen molar-refractivity contribution >= 4 is 11.6 Å². The molecule has 0 saturated carbocycles. The van der Waals surface area contributed by atoms with Gasteiger partial charge in [-0.25, -0.2) is 0 Å². The highest BCUT2D eigenvalue weighted by molar-refractivity contribution is 5.76. The molecule has 0 aromatic heterocycles. The minimum Gasteiger partial charge on any atom is -0.384 e. The van der Waals surface area contributed by atoms with Crippen LogP contribution in [0.5, 0.6) is 0 Å². The van der Waals surface area contributed by atoms with Crippen molar-refractivity contribution in [2.75, 3.05) is 44.8 Å². The number of ether oxygens (including phenoxy) is 1. The van der Waals surface area contributed by atoms with Gasteiger partial charge in [0, 0.05) is 45.5 Å². The fourth-order valence-electron chi connectivity index (χ4n) is 2.40. The molecule has 0 spiro atoms. The van der Waals surface area contributed by atoms with Gasteiger partial charge in [-0.3, -0.25) is 4.79 Å². The molecule has 5 heteroatoms. The zero-order valence-corrected chi connectivity index (χ0v) is 14.0. The number of piperazine rings is 1. The fourth-order valence-corrected chi connectivity index (χ4v) is 2.40. The highest BCUT2D eigenvalue weighted by Crippen LogP contribution is 2.17. The first-order valence-corrected chi connectivity index (χ1v) is 8.05. The molecule has 1 aliphatic heterocycles. The Hall–Kier alpha value is -1.59. The summed E-state index contributed by atoms with van der Waals surface area (Å²) in [5, 5.41) is 0. The first kappa shape index (κ1) is 18.5. The predicted octanol–water partition coefficient (Wildman–Crippen LogP) is 1.86. The predicted molar refractivity (Wildman–Crippen MR) is 91.0 cm³/mol. The number of amides is 1. The second-order valence-electron chi connectivity index (χ2n) is 4.98. The van der Waals surface area contributed by atoms with Gasteiger partial charge in [-0.1, -0.05) is 26.0 Å². The van der Waals surface area contributed by atoms with Crippen LogP contribution in [0.15, 0.2) is 24.3 Å². The standard InChI is InChI=1S/C15H23N3O2.C2H6/c1-20-11-6-15(19)18-9-7-17(8-10-18)14-4-2-13(12-16)3-5-14;1-2/h2-5H,6-12,16H2,1H3;1-2H3. The molecule has 0 atom stereocenters. The molecule has 0 aliphatic carbocycles. The van der Waals surface area contributed by atoms with E-state index in [9.17, 15) is 4.79 Å².